The molecule has 7 nitrogen and oxygen atoms in total. The zero-order valence-electron chi connectivity index (χ0n) is 19.3. The molecule has 0 fully saturated rings. The van der Waals surface area contributed by atoms with Gasteiger partial charge >= 0.3 is 0 Å². The van der Waals surface area contributed by atoms with Gasteiger partial charge < -0.3 is 29.4 Å². The number of carbonyl (C=O) groups is 1. The van der Waals surface area contributed by atoms with Crippen LogP contribution in [-0.2, 0) is 13.0 Å². The predicted molar refractivity (Wildman–Crippen MR) is 126 cm³/mol. The van der Waals surface area contributed by atoms with Crippen LogP contribution in [0.4, 0.5) is 0 Å². The third kappa shape index (κ3) is 5.21. The van der Waals surface area contributed by atoms with Crippen LogP contribution in [0.15, 0.2) is 54.6 Å². The first-order chi connectivity index (χ1) is 16.1. The second kappa shape index (κ2) is 11.2. The van der Waals surface area contributed by atoms with Gasteiger partial charge in [0.05, 0.1) is 34.0 Å². The number of hydrogen-bond acceptors (Lipinski definition) is 6. The highest BCUT2D eigenvalue weighted by Crippen LogP contribution is 2.45. The number of rotatable bonds is 10. The van der Waals surface area contributed by atoms with Crippen molar-refractivity contribution in [1.82, 2.24) is 5.32 Å². The average Bonchev–Trinajstić information content (AvgIpc) is 2.86. The van der Waals surface area contributed by atoms with Crippen molar-refractivity contribution in [3.05, 3.63) is 71.3 Å². The van der Waals surface area contributed by atoms with Crippen molar-refractivity contribution < 1.29 is 28.8 Å². The SMILES string of the molecule is COc1ccc(-c2c(OC)c(OC)cc(CCO)c2C(=O)NCc2ccccc2)cc1OC. The Balaban J connectivity index is 2.20. The van der Waals surface area contributed by atoms with E-state index in [1.54, 1.807) is 32.4 Å². The molecule has 0 aromatic heterocycles. The van der Waals surface area contributed by atoms with Crippen molar-refractivity contribution >= 4 is 5.91 Å². The second-order valence-corrected chi connectivity index (χ2v) is 7.23. The number of ether oxygens (including phenoxy) is 4. The minimum absolute atomic E-state index is 0.125. The Labute approximate surface area is 193 Å². The number of amides is 1. The van der Waals surface area contributed by atoms with E-state index >= 15 is 0 Å². The molecule has 0 atom stereocenters. The molecular weight excluding hydrogens is 422 g/mol. The summed E-state index contributed by atoms with van der Waals surface area (Å²) in [7, 11) is 6.17. The molecule has 0 heterocycles. The van der Waals surface area contributed by atoms with Gasteiger partial charge in [-0.15, -0.1) is 0 Å². The molecule has 1 amide bonds. The third-order valence-corrected chi connectivity index (χ3v) is 5.33. The highest BCUT2D eigenvalue weighted by Gasteiger charge is 2.26. The lowest BCUT2D eigenvalue weighted by atomic mass is 9.91. The number of aliphatic hydroxyl groups is 1. The van der Waals surface area contributed by atoms with Crippen LogP contribution in [0.1, 0.15) is 21.5 Å². The first-order valence-electron chi connectivity index (χ1n) is 10.5. The predicted octanol–water partition coefficient (Wildman–Crippen LogP) is 3.85. The summed E-state index contributed by atoms with van der Waals surface area (Å²) in [5.41, 5.74) is 3.26. The summed E-state index contributed by atoms with van der Waals surface area (Å²) in [6.07, 6.45) is 0.273. The van der Waals surface area contributed by atoms with E-state index in [1.165, 1.54) is 14.2 Å². The van der Waals surface area contributed by atoms with E-state index in [9.17, 15) is 9.90 Å². The van der Waals surface area contributed by atoms with Crippen molar-refractivity contribution in [1.29, 1.82) is 0 Å². The number of benzene rings is 3. The highest BCUT2D eigenvalue weighted by molar-refractivity contribution is 6.04. The van der Waals surface area contributed by atoms with Gasteiger partial charge in [0.15, 0.2) is 23.0 Å². The highest BCUT2D eigenvalue weighted by atomic mass is 16.5. The fourth-order valence-corrected chi connectivity index (χ4v) is 3.76. The van der Waals surface area contributed by atoms with E-state index in [0.29, 0.717) is 51.8 Å². The van der Waals surface area contributed by atoms with Gasteiger partial charge in [0, 0.05) is 18.7 Å². The van der Waals surface area contributed by atoms with Gasteiger partial charge in [0.1, 0.15) is 0 Å². The second-order valence-electron chi connectivity index (χ2n) is 7.23. The van der Waals surface area contributed by atoms with Gasteiger partial charge in [-0.2, -0.15) is 0 Å². The largest absolute Gasteiger partial charge is 0.493 e. The van der Waals surface area contributed by atoms with Gasteiger partial charge in [0.2, 0.25) is 0 Å². The third-order valence-electron chi connectivity index (χ3n) is 5.33. The number of aliphatic hydroxyl groups excluding tert-OH is 1. The smallest absolute Gasteiger partial charge is 0.252 e. The van der Waals surface area contributed by atoms with E-state index < -0.39 is 0 Å². The summed E-state index contributed by atoms with van der Waals surface area (Å²) in [6, 6.07) is 16.8. The molecule has 0 spiro atoms. The summed E-state index contributed by atoms with van der Waals surface area (Å²) in [6.45, 7) is 0.234. The molecule has 7 heteroatoms. The molecule has 33 heavy (non-hydrogen) atoms. The van der Waals surface area contributed by atoms with Crippen molar-refractivity contribution in [3.63, 3.8) is 0 Å². The summed E-state index contributed by atoms with van der Waals surface area (Å²) < 4.78 is 22.1. The number of carbonyl (C=O) groups excluding carboxylic acids is 1. The topological polar surface area (TPSA) is 86.3 Å². The number of methoxy groups -OCH3 is 4. The van der Waals surface area contributed by atoms with Gasteiger partial charge in [-0.05, 0) is 41.3 Å². The van der Waals surface area contributed by atoms with Crippen LogP contribution in [0.5, 0.6) is 23.0 Å². The Bertz CT molecular complexity index is 1100. The Morgan fingerprint density at radius 1 is 0.848 bits per heavy atom. The van der Waals surface area contributed by atoms with Crippen LogP contribution >= 0.6 is 0 Å². The van der Waals surface area contributed by atoms with Crippen LogP contribution in [-0.4, -0.2) is 46.1 Å². The van der Waals surface area contributed by atoms with Crippen molar-refractivity contribution in [2.45, 2.75) is 13.0 Å². The summed E-state index contributed by atoms with van der Waals surface area (Å²) in [4.78, 5) is 13.5. The number of hydrogen-bond donors (Lipinski definition) is 2. The first-order valence-corrected chi connectivity index (χ1v) is 10.5. The minimum atomic E-state index is -0.284. The molecular formula is C26H29NO6. The molecule has 0 bridgehead atoms. The molecule has 0 saturated heterocycles. The van der Waals surface area contributed by atoms with E-state index in [0.717, 1.165) is 5.56 Å². The zero-order chi connectivity index (χ0) is 23.8. The Morgan fingerprint density at radius 3 is 2.15 bits per heavy atom. The minimum Gasteiger partial charge on any atom is -0.493 e. The van der Waals surface area contributed by atoms with Gasteiger partial charge in [-0.25, -0.2) is 0 Å². The van der Waals surface area contributed by atoms with E-state index in [1.807, 2.05) is 36.4 Å². The van der Waals surface area contributed by atoms with Gasteiger partial charge in [-0.3, -0.25) is 4.79 Å². The standard InChI is InChI=1S/C26H29NO6/c1-30-20-11-10-18(14-21(20)31-2)23-24(26(29)27-16-17-8-6-5-7-9-17)19(12-13-28)15-22(32-3)25(23)33-4/h5-11,14-15,28H,12-13,16H2,1-4H3,(H,27,29). The molecule has 2 N–H and O–H groups in total. The summed E-state index contributed by atoms with van der Waals surface area (Å²) in [5, 5.41) is 12.7. The first kappa shape index (κ1) is 23.9. The molecule has 3 aromatic rings. The van der Waals surface area contributed by atoms with Crippen molar-refractivity contribution in [2.24, 2.45) is 0 Å². The molecule has 0 unspecified atom stereocenters. The maximum Gasteiger partial charge on any atom is 0.252 e. The van der Waals surface area contributed by atoms with Crippen molar-refractivity contribution in [3.8, 4) is 34.1 Å². The lowest BCUT2D eigenvalue weighted by Crippen LogP contribution is -2.25. The molecule has 3 aromatic carbocycles. The average molecular weight is 452 g/mol. The molecule has 174 valence electrons. The van der Waals surface area contributed by atoms with Gasteiger partial charge in [-0.1, -0.05) is 36.4 Å². The van der Waals surface area contributed by atoms with Crippen LogP contribution in [0.3, 0.4) is 0 Å². The molecule has 0 aliphatic carbocycles. The van der Waals surface area contributed by atoms with E-state index in [4.69, 9.17) is 18.9 Å². The molecule has 0 aliphatic heterocycles. The normalized spacial score (nSPS) is 10.5. The fourth-order valence-electron chi connectivity index (χ4n) is 3.76. The Kier molecular flexibility index (Phi) is 8.16. The van der Waals surface area contributed by atoms with Crippen molar-refractivity contribution in [2.75, 3.05) is 35.0 Å². The maximum absolute atomic E-state index is 13.5. The van der Waals surface area contributed by atoms with E-state index in [2.05, 4.69) is 5.32 Å². The molecule has 3 rings (SSSR count). The zero-order valence-corrected chi connectivity index (χ0v) is 19.3. The monoisotopic (exact) mass is 451 g/mol. The summed E-state index contributed by atoms with van der Waals surface area (Å²) in [5.74, 6) is 1.67. The van der Waals surface area contributed by atoms with Gasteiger partial charge in [0.25, 0.3) is 5.91 Å². The fraction of sp³-hybridized carbons (Fsp3) is 0.269. The summed E-state index contributed by atoms with van der Waals surface area (Å²) >= 11 is 0. The lowest BCUT2D eigenvalue weighted by Gasteiger charge is -2.21. The molecule has 0 saturated carbocycles. The van der Waals surface area contributed by atoms with Crippen LogP contribution < -0.4 is 24.3 Å². The Morgan fingerprint density at radius 2 is 1.55 bits per heavy atom. The quantitative estimate of drug-likeness (QED) is 0.487. The Hall–Kier alpha value is -3.71. The van der Waals surface area contributed by atoms with Crippen LogP contribution in [0.2, 0.25) is 0 Å². The maximum atomic E-state index is 13.5. The van der Waals surface area contributed by atoms with E-state index in [-0.39, 0.29) is 18.9 Å². The molecule has 0 aliphatic rings. The number of nitrogens with one attached hydrogen (secondary N) is 1. The van der Waals surface area contributed by atoms with Crippen LogP contribution in [0.25, 0.3) is 11.1 Å². The molecule has 0 radical (unpaired) electrons. The lowest BCUT2D eigenvalue weighted by molar-refractivity contribution is 0.0950. The van der Waals surface area contributed by atoms with Crippen LogP contribution in [0, 0.1) is 0 Å².